The first-order chi connectivity index (χ1) is 12.2. The molecule has 0 radical (unpaired) electrons. The summed E-state index contributed by atoms with van der Waals surface area (Å²) in [6.07, 6.45) is -2.82. The first-order valence-corrected chi connectivity index (χ1v) is 8.53. The fourth-order valence-electron chi connectivity index (χ4n) is 2.42. The molecule has 0 aliphatic heterocycles. The summed E-state index contributed by atoms with van der Waals surface area (Å²) in [5, 5.41) is 8.24. The summed E-state index contributed by atoms with van der Waals surface area (Å²) >= 11 is 1.96. The molecule has 1 aromatic heterocycles. The molecule has 3 aromatic rings. The number of nitrogens with one attached hydrogen (secondary N) is 1. The van der Waals surface area contributed by atoms with Crippen LogP contribution in [0, 0.1) is 3.70 Å². The van der Waals surface area contributed by atoms with Crippen LogP contribution < -0.4 is 10.1 Å². The van der Waals surface area contributed by atoms with Gasteiger partial charge in [-0.3, -0.25) is 9.48 Å². The zero-order valence-electron chi connectivity index (χ0n) is 13.5. The molecule has 0 fully saturated rings. The molecule has 0 unspecified atom stereocenters. The van der Waals surface area contributed by atoms with Gasteiger partial charge in [-0.25, -0.2) is 0 Å². The number of rotatable bonds is 4. The molecular weight excluding hydrogens is 462 g/mol. The lowest BCUT2D eigenvalue weighted by Gasteiger charge is -2.12. The van der Waals surface area contributed by atoms with Crippen molar-refractivity contribution in [3.63, 3.8) is 0 Å². The van der Waals surface area contributed by atoms with E-state index in [4.69, 9.17) is 4.74 Å². The summed E-state index contributed by atoms with van der Waals surface area (Å²) in [4.78, 5) is 12.5. The molecule has 0 aliphatic rings. The summed E-state index contributed by atoms with van der Waals surface area (Å²) in [7, 11) is 1.71. The second-order valence-corrected chi connectivity index (χ2v) is 6.58. The van der Waals surface area contributed by atoms with Crippen molar-refractivity contribution in [3.05, 3.63) is 51.9 Å². The fraction of sp³-hybridized carbons (Fsp3) is 0.176. The number of hydrogen-bond acceptors (Lipinski definition) is 3. The molecule has 0 atom stereocenters. The largest absolute Gasteiger partial charge is 0.484 e. The van der Waals surface area contributed by atoms with Crippen molar-refractivity contribution in [2.24, 2.45) is 7.05 Å². The number of aryl methyl sites for hydroxylation is 1. The SMILES string of the molecule is Cn1cc(C(=O)Nc2cccc3ccc(OCC(F)(F)F)cc23)c(I)n1. The van der Waals surface area contributed by atoms with E-state index in [-0.39, 0.29) is 11.7 Å². The Labute approximate surface area is 160 Å². The van der Waals surface area contributed by atoms with Crippen LogP contribution in [0.15, 0.2) is 42.6 Å². The van der Waals surface area contributed by atoms with Gasteiger partial charge in [-0.1, -0.05) is 18.2 Å². The highest BCUT2D eigenvalue weighted by atomic mass is 127. The van der Waals surface area contributed by atoms with Gasteiger partial charge in [0.15, 0.2) is 6.61 Å². The standard InChI is InChI=1S/C17H13F3IN3O2/c1-24-8-13(15(21)23-24)16(25)22-14-4-2-3-10-5-6-11(7-12(10)14)26-9-17(18,19)20/h2-8H,9H2,1H3,(H,22,25). The van der Waals surface area contributed by atoms with Crippen molar-refractivity contribution in [3.8, 4) is 5.75 Å². The third-order valence-corrected chi connectivity index (χ3v) is 4.33. The van der Waals surface area contributed by atoms with E-state index in [2.05, 4.69) is 10.4 Å². The van der Waals surface area contributed by atoms with E-state index in [1.807, 2.05) is 22.6 Å². The summed E-state index contributed by atoms with van der Waals surface area (Å²) in [5.74, 6) is -0.274. The van der Waals surface area contributed by atoms with Gasteiger partial charge in [-0.2, -0.15) is 18.3 Å². The number of halogens is 4. The lowest BCUT2D eigenvalue weighted by atomic mass is 10.1. The molecule has 9 heteroatoms. The Balaban J connectivity index is 1.90. The van der Waals surface area contributed by atoms with Gasteiger partial charge >= 0.3 is 6.18 Å². The van der Waals surface area contributed by atoms with Crippen LogP contribution in [0.1, 0.15) is 10.4 Å². The van der Waals surface area contributed by atoms with E-state index >= 15 is 0 Å². The van der Waals surface area contributed by atoms with E-state index in [1.165, 1.54) is 16.8 Å². The number of alkyl halides is 3. The van der Waals surface area contributed by atoms with Crippen molar-refractivity contribution in [1.29, 1.82) is 0 Å². The molecule has 1 heterocycles. The zero-order valence-corrected chi connectivity index (χ0v) is 15.6. The van der Waals surface area contributed by atoms with Crippen molar-refractivity contribution in [2.45, 2.75) is 6.18 Å². The quantitative estimate of drug-likeness (QED) is 0.571. The third kappa shape index (κ3) is 4.26. The van der Waals surface area contributed by atoms with Gasteiger partial charge < -0.3 is 10.1 Å². The molecule has 0 aliphatic carbocycles. The number of carbonyl (C=O) groups excluding carboxylic acids is 1. The normalized spacial score (nSPS) is 11.6. The van der Waals surface area contributed by atoms with Crippen LogP contribution in [0.25, 0.3) is 10.8 Å². The molecule has 0 spiro atoms. The number of hydrogen-bond donors (Lipinski definition) is 1. The lowest BCUT2D eigenvalue weighted by molar-refractivity contribution is -0.153. The van der Waals surface area contributed by atoms with Crippen LogP contribution in [0.2, 0.25) is 0 Å². The molecule has 0 saturated heterocycles. The maximum absolute atomic E-state index is 12.5. The predicted octanol–water partition coefficient (Wildman–Crippen LogP) is 4.37. The van der Waals surface area contributed by atoms with Crippen LogP contribution in [0.3, 0.4) is 0 Å². The van der Waals surface area contributed by atoms with Gasteiger partial charge in [-0.15, -0.1) is 0 Å². The van der Waals surface area contributed by atoms with Crippen molar-refractivity contribution < 1.29 is 22.7 Å². The highest BCUT2D eigenvalue weighted by molar-refractivity contribution is 14.1. The number of nitrogens with zero attached hydrogens (tertiary/aromatic N) is 2. The number of ether oxygens (including phenoxy) is 1. The van der Waals surface area contributed by atoms with Crippen molar-refractivity contribution in [2.75, 3.05) is 11.9 Å². The van der Waals surface area contributed by atoms with Gasteiger partial charge in [0, 0.05) is 24.3 Å². The monoisotopic (exact) mass is 475 g/mol. The minimum absolute atomic E-state index is 0.0764. The van der Waals surface area contributed by atoms with Crippen molar-refractivity contribution in [1.82, 2.24) is 9.78 Å². The molecule has 0 saturated carbocycles. The number of benzene rings is 2. The highest BCUT2D eigenvalue weighted by Gasteiger charge is 2.28. The van der Waals surface area contributed by atoms with Gasteiger partial charge in [0.1, 0.15) is 9.45 Å². The number of fused-ring (bicyclic) bond motifs is 1. The van der Waals surface area contributed by atoms with Crippen LogP contribution in [0.4, 0.5) is 18.9 Å². The Hall–Kier alpha value is -2.30. The highest BCUT2D eigenvalue weighted by Crippen LogP contribution is 2.29. The summed E-state index contributed by atoms with van der Waals surface area (Å²) in [6, 6.07) is 9.81. The average Bonchev–Trinajstić information content (AvgIpc) is 2.91. The maximum Gasteiger partial charge on any atom is 0.422 e. The Morgan fingerprint density at radius 2 is 2.08 bits per heavy atom. The van der Waals surface area contributed by atoms with E-state index in [0.717, 1.165) is 5.39 Å². The maximum atomic E-state index is 12.5. The summed E-state index contributed by atoms with van der Waals surface area (Å²) in [6.45, 7) is -1.37. The van der Waals surface area contributed by atoms with E-state index in [0.29, 0.717) is 20.3 Å². The molecule has 136 valence electrons. The predicted molar refractivity (Wildman–Crippen MR) is 99.4 cm³/mol. The van der Waals surface area contributed by atoms with E-state index < -0.39 is 12.8 Å². The number of amides is 1. The third-order valence-electron chi connectivity index (χ3n) is 3.53. The number of anilines is 1. The Bertz CT molecular complexity index is 970. The molecule has 0 bridgehead atoms. The smallest absolute Gasteiger partial charge is 0.422 e. The van der Waals surface area contributed by atoms with Crippen LogP contribution in [0.5, 0.6) is 5.75 Å². The minimum Gasteiger partial charge on any atom is -0.484 e. The van der Waals surface area contributed by atoms with Crippen LogP contribution in [-0.2, 0) is 7.05 Å². The molecule has 1 amide bonds. The number of aromatic nitrogens is 2. The zero-order chi connectivity index (χ0) is 18.9. The Morgan fingerprint density at radius 3 is 2.73 bits per heavy atom. The topological polar surface area (TPSA) is 56.2 Å². The van der Waals surface area contributed by atoms with Gasteiger partial charge in [0.05, 0.1) is 5.56 Å². The Morgan fingerprint density at radius 1 is 1.31 bits per heavy atom. The fourth-order valence-corrected chi connectivity index (χ4v) is 3.14. The minimum atomic E-state index is -4.42. The first kappa shape index (κ1) is 18.5. The molecule has 1 N–H and O–H groups in total. The number of carbonyl (C=O) groups is 1. The second-order valence-electron chi connectivity index (χ2n) is 5.55. The van der Waals surface area contributed by atoms with Crippen molar-refractivity contribution >= 4 is 45.0 Å². The molecular formula is C17H13F3IN3O2. The van der Waals surface area contributed by atoms with Gasteiger partial charge in [0.2, 0.25) is 0 Å². The van der Waals surface area contributed by atoms with Gasteiger partial charge in [0.25, 0.3) is 5.91 Å². The lowest BCUT2D eigenvalue weighted by Crippen LogP contribution is -2.19. The van der Waals surface area contributed by atoms with Gasteiger partial charge in [-0.05, 0) is 46.2 Å². The van der Waals surface area contributed by atoms with E-state index in [1.54, 1.807) is 37.5 Å². The van der Waals surface area contributed by atoms with Crippen LogP contribution in [-0.4, -0.2) is 28.5 Å². The molecule has 5 nitrogen and oxygen atoms in total. The average molecular weight is 475 g/mol. The molecule has 26 heavy (non-hydrogen) atoms. The summed E-state index contributed by atoms with van der Waals surface area (Å²) in [5.41, 5.74) is 0.888. The second kappa shape index (κ2) is 7.14. The molecule has 2 aromatic carbocycles. The van der Waals surface area contributed by atoms with Crippen LogP contribution >= 0.6 is 22.6 Å². The first-order valence-electron chi connectivity index (χ1n) is 7.46. The Kier molecular flexibility index (Phi) is 5.08. The summed E-state index contributed by atoms with van der Waals surface area (Å²) < 4.78 is 43.9. The van der Waals surface area contributed by atoms with E-state index in [9.17, 15) is 18.0 Å². The molecule has 3 rings (SSSR count).